The average molecular weight is 637 g/mol. The lowest BCUT2D eigenvalue weighted by Crippen LogP contribution is -2.58. The van der Waals surface area contributed by atoms with Gasteiger partial charge in [0.15, 0.2) is 0 Å². The van der Waals surface area contributed by atoms with E-state index >= 15 is 0 Å². The van der Waals surface area contributed by atoms with Crippen molar-refractivity contribution in [1.29, 1.82) is 0 Å². The van der Waals surface area contributed by atoms with Crippen LogP contribution >= 0.6 is 0 Å². The van der Waals surface area contributed by atoms with Crippen molar-refractivity contribution in [2.75, 3.05) is 19.7 Å². The Labute approximate surface area is 271 Å². The van der Waals surface area contributed by atoms with Crippen molar-refractivity contribution in [3.8, 4) is 5.75 Å². The summed E-state index contributed by atoms with van der Waals surface area (Å²) in [4.78, 5) is 68.7. The van der Waals surface area contributed by atoms with Crippen LogP contribution in [0.15, 0.2) is 49.6 Å². The van der Waals surface area contributed by atoms with Crippen LogP contribution in [0, 0.1) is 5.92 Å². The molecule has 3 aliphatic rings. The zero-order chi connectivity index (χ0) is 33.3. The molecule has 250 valence electrons. The van der Waals surface area contributed by atoms with E-state index in [0.717, 1.165) is 37.7 Å². The predicted octanol–water partition coefficient (Wildman–Crippen LogP) is 2.77. The molecule has 11 heteroatoms. The highest BCUT2D eigenvalue weighted by Gasteiger charge is 2.46. The molecule has 4 amide bonds. The molecule has 2 unspecified atom stereocenters. The summed E-state index contributed by atoms with van der Waals surface area (Å²) >= 11 is 0. The minimum Gasteiger partial charge on any atom is -0.493 e. The first-order chi connectivity index (χ1) is 22.0. The monoisotopic (exact) mass is 636 g/mol. The van der Waals surface area contributed by atoms with Crippen LogP contribution in [-0.2, 0) is 35.1 Å². The first kappa shape index (κ1) is 34.9. The third-order valence-electron chi connectivity index (χ3n) is 8.94. The van der Waals surface area contributed by atoms with Crippen LogP contribution in [0.1, 0.15) is 70.8 Å². The molecule has 1 aliphatic carbocycles. The Hall–Kier alpha value is -3.99. The third kappa shape index (κ3) is 9.28. The molecule has 1 saturated carbocycles. The Morgan fingerprint density at radius 2 is 1.89 bits per heavy atom. The van der Waals surface area contributed by atoms with Gasteiger partial charge in [0.2, 0.25) is 23.5 Å². The van der Waals surface area contributed by atoms with Gasteiger partial charge in [-0.2, -0.15) is 0 Å². The van der Waals surface area contributed by atoms with Crippen LogP contribution < -0.4 is 20.7 Å². The summed E-state index contributed by atoms with van der Waals surface area (Å²) in [7, 11) is 0. The van der Waals surface area contributed by atoms with E-state index in [2.05, 4.69) is 29.1 Å². The van der Waals surface area contributed by atoms with Crippen molar-refractivity contribution < 1.29 is 33.4 Å². The van der Waals surface area contributed by atoms with Crippen molar-refractivity contribution in [3.05, 3.63) is 55.1 Å². The highest BCUT2D eigenvalue weighted by Crippen LogP contribution is 2.32. The van der Waals surface area contributed by atoms with Crippen molar-refractivity contribution in [3.63, 3.8) is 0 Å². The molecule has 4 bridgehead atoms. The van der Waals surface area contributed by atoms with Gasteiger partial charge in [-0.3, -0.25) is 24.0 Å². The molecule has 1 aromatic carbocycles. The fourth-order valence-electron chi connectivity index (χ4n) is 6.56. The van der Waals surface area contributed by atoms with E-state index in [1.54, 1.807) is 0 Å². The molecule has 0 radical (unpaired) electrons. The summed E-state index contributed by atoms with van der Waals surface area (Å²) in [6.07, 6.45) is 7.79. The SMILES string of the molecule is C=CCNC(=O)C(=O)C(CC=C)NC(=O)C1C[C@@H]2CN1C(=O)[C@H](C1CCCCC1)NC(=O)Cc1cccc(c1)OCCC(C)(C)O2. The first-order valence-electron chi connectivity index (χ1n) is 16.3. The van der Waals surface area contributed by atoms with Crippen molar-refractivity contribution in [2.24, 2.45) is 5.92 Å². The highest BCUT2D eigenvalue weighted by molar-refractivity contribution is 6.38. The van der Waals surface area contributed by atoms with Crippen LogP contribution in [0.4, 0.5) is 0 Å². The number of nitrogens with one attached hydrogen (secondary N) is 3. The molecule has 2 aliphatic heterocycles. The van der Waals surface area contributed by atoms with Crippen molar-refractivity contribution >= 4 is 29.4 Å². The van der Waals surface area contributed by atoms with Gasteiger partial charge in [0.1, 0.15) is 23.9 Å². The Morgan fingerprint density at radius 3 is 2.61 bits per heavy atom. The number of ketones is 1. The van der Waals surface area contributed by atoms with E-state index in [1.165, 1.54) is 17.1 Å². The molecule has 4 rings (SSSR count). The molecule has 3 N–H and O–H groups in total. The highest BCUT2D eigenvalue weighted by atomic mass is 16.5. The number of ether oxygens (including phenoxy) is 2. The van der Waals surface area contributed by atoms with E-state index in [-0.39, 0.29) is 50.1 Å². The molecule has 2 heterocycles. The van der Waals surface area contributed by atoms with Gasteiger partial charge >= 0.3 is 0 Å². The van der Waals surface area contributed by atoms with Crippen LogP contribution in [0.3, 0.4) is 0 Å². The van der Waals surface area contributed by atoms with Gasteiger partial charge in [-0.25, -0.2) is 0 Å². The lowest BCUT2D eigenvalue weighted by molar-refractivity contribution is -0.144. The number of nitrogens with zero attached hydrogens (tertiary/aromatic N) is 1. The quantitative estimate of drug-likeness (QED) is 0.280. The molecule has 1 aromatic rings. The summed E-state index contributed by atoms with van der Waals surface area (Å²) in [6.45, 7) is 11.7. The van der Waals surface area contributed by atoms with E-state index in [4.69, 9.17) is 9.47 Å². The van der Waals surface area contributed by atoms with Crippen molar-refractivity contribution in [2.45, 2.75) is 101 Å². The molecule has 4 atom stereocenters. The maximum atomic E-state index is 14.5. The van der Waals surface area contributed by atoms with Crippen molar-refractivity contribution in [1.82, 2.24) is 20.9 Å². The number of hydrogen-bond donors (Lipinski definition) is 3. The van der Waals surface area contributed by atoms with Gasteiger partial charge in [-0.1, -0.05) is 43.5 Å². The van der Waals surface area contributed by atoms with E-state index in [0.29, 0.717) is 18.8 Å². The Kier molecular flexibility index (Phi) is 12.1. The Morgan fingerprint density at radius 1 is 1.13 bits per heavy atom. The molecule has 0 aromatic heterocycles. The summed E-state index contributed by atoms with van der Waals surface area (Å²) in [5.74, 6) is -2.30. The minimum absolute atomic E-state index is 0.0290. The standard InChI is InChI=1S/C35H48N4O7/c1-5-11-27(31(41)33(43)36-17-6-2)37-32(42)28-21-26-22-39(28)34(44)30(24-13-8-7-9-14-24)38-29(40)20-23-12-10-15-25(19-23)45-18-16-35(3,4)46-26/h5-6,10,12,15,19,24,26-28,30H,1-2,7-9,11,13-14,16-18,20-22H2,3-4H3,(H,36,43)(H,37,42)(H,38,40)/t26-,27?,28?,30+/m1/s1. The molecule has 0 spiro atoms. The maximum Gasteiger partial charge on any atom is 0.289 e. The van der Waals surface area contributed by atoms with Crippen LogP contribution in [0.2, 0.25) is 0 Å². The fraction of sp³-hybridized carbons (Fsp3) is 0.571. The number of fused-ring (bicyclic) bond motifs is 4. The summed E-state index contributed by atoms with van der Waals surface area (Å²) in [5, 5.41) is 8.19. The predicted molar refractivity (Wildman–Crippen MR) is 173 cm³/mol. The Balaban J connectivity index is 1.64. The number of benzene rings is 1. The van der Waals surface area contributed by atoms with Gasteiger partial charge in [-0.05, 0) is 56.7 Å². The number of amides is 4. The van der Waals surface area contributed by atoms with Gasteiger partial charge in [0.05, 0.1) is 24.7 Å². The Bertz CT molecular complexity index is 1310. The zero-order valence-electron chi connectivity index (χ0n) is 27.1. The number of rotatable bonds is 9. The molecule has 11 nitrogen and oxygen atoms in total. The molecule has 1 saturated heterocycles. The molecule has 2 fully saturated rings. The van der Waals surface area contributed by atoms with Crippen LogP contribution in [0.25, 0.3) is 0 Å². The van der Waals surface area contributed by atoms with Gasteiger partial charge in [0, 0.05) is 25.9 Å². The molecular formula is C35H48N4O7. The third-order valence-corrected chi connectivity index (χ3v) is 8.94. The first-order valence-corrected chi connectivity index (χ1v) is 16.3. The van der Waals surface area contributed by atoms with Crippen LogP contribution in [-0.4, -0.2) is 83.8 Å². The summed E-state index contributed by atoms with van der Waals surface area (Å²) in [5.41, 5.74) is 0.127. The maximum absolute atomic E-state index is 14.5. The topological polar surface area (TPSA) is 143 Å². The molecule has 46 heavy (non-hydrogen) atoms. The lowest BCUT2D eigenvalue weighted by Gasteiger charge is -2.35. The van der Waals surface area contributed by atoms with Crippen LogP contribution in [0.5, 0.6) is 5.75 Å². The van der Waals surface area contributed by atoms with Gasteiger partial charge < -0.3 is 30.3 Å². The average Bonchev–Trinajstić information content (AvgIpc) is 3.44. The normalized spacial score (nSPS) is 24.6. The van der Waals surface area contributed by atoms with Gasteiger partial charge in [0.25, 0.3) is 5.91 Å². The number of carbonyl (C=O) groups is 5. The summed E-state index contributed by atoms with van der Waals surface area (Å²) < 4.78 is 12.5. The number of hydrogen-bond acceptors (Lipinski definition) is 7. The zero-order valence-corrected chi connectivity index (χ0v) is 27.1. The second kappa shape index (κ2) is 16.0. The second-order valence-corrected chi connectivity index (χ2v) is 13.1. The number of Topliss-reactive ketones (excluding diaryl/α,β-unsaturated/α-hetero) is 1. The minimum atomic E-state index is -1.16. The summed E-state index contributed by atoms with van der Waals surface area (Å²) in [6, 6.07) is 4.42. The number of carbonyl (C=O) groups excluding carboxylic acids is 5. The van der Waals surface area contributed by atoms with E-state index in [9.17, 15) is 24.0 Å². The largest absolute Gasteiger partial charge is 0.493 e. The van der Waals surface area contributed by atoms with E-state index < -0.39 is 47.4 Å². The lowest BCUT2D eigenvalue weighted by atomic mass is 9.83. The van der Waals surface area contributed by atoms with Gasteiger partial charge in [-0.15, -0.1) is 13.2 Å². The second-order valence-electron chi connectivity index (χ2n) is 13.1. The smallest absolute Gasteiger partial charge is 0.289 e. The fourth-order valence-corrected chi connectivity index (χ4v) is 6.56. The van der Waals surface area contributed by atoms with E-state index in [1.807, 2.05) is 38.1 Å². The molecular weight excluding hydrogens is 588 g/mol.